The Morgan fingerprint density at radius 1 is 1.25 bits per heavy atom. The Hall–Kier alpha value is -1.10. The molecule has 3 fully saturated rings. The van der Waals surface area contributed by atoms with Crippen molar-refractivity contribution >= 4 is 17.5 Å². The third-order valence-electron chi connectivity index (χ3n) is 5.97. The molecule has 0 radical (unpaired) electrons. The van der Waals surface area contributed by atoms with Crippen LogP contribution in [0.3, 0.4) is 0 Å². The molecule has 3 atom stereocenters. The van der Waals surface area contributed by atoms with Gasteiger partial charge in [0.25, 0.3) is 0 Å². The maximum atomic E-state index is 13.3. The molecule has 1 aromatic carbocycles. The van der Waals surface area contributed by atoms with Crippen molar-refractivity contribution in [3.8, 4) is 0 Å². The van der Waals surface area contributed by atoms with Crippen LogP contribution < -0.4 is 0 Å². The van der Waals surface area contributed by atoms with Crippen LogP contribution in [0.25, 0.3) is 0 Å². The number of rotatable bonds is 3. The monoisotopic (exact) mass is 349 g/mol. The molecule has 2 heterocycles. The number of hydrogen-bond donors (Lipinski definition) is 1. The molecule has 2 saturated heterocycles. The van der Waals surface area contributed by atoms with Gasteiger partial charge in [-0.25, -0.2) is 0 Å². The van der Waals surface area contributed by atoms with Crippen LogP contribution in [0.15, 0.2) is 24.3 Å². The Bertz CT molecular complexity index is 614. The molecule has 3 aliphatic rings. The average Bonchev–Trinajstić information content (AvgIpc) is 3.26. The summed E-state index contributed by atoms with van der Waals surface area (Å²) in [6.07, 6.45) is 4.10. The van der Waals surface area contributed by atoms with Gasteiger partial charge in [-0.3, -0.25) is 4.79 Å². The summed E-state index contributed by atoms with van der Waals surface area (Å²) >= 11 is 5.99. The lowest BCUT2D eigenvalue weighted by Crippen LogP contribution is -2.50. The fourth-order valence-electron chi connectivity index (χ4n) is 4.40. The van der Waals surface area contributed by atoms with Crippen molar-refractivity contribution in [1.29, 1.82) is 0 Å². The third-order valence-corrected chi connectivity index (χ3v) is 6.22. The molecule has 130 valence electrons. The molecule has 1 aromatic rings. The molecule has 0 unspecified atom stereocenters. The highest BCUT2D eigenvalue weighted by Gasteiger charge is 2.55. The fraction of sp³-hybridized carbons (Fsp3) is 0.632. The van der Waals surface area contributed by atoms with E-state index in [0.29, 0.717) is 24.7 Å². The van der Waals surface area contributed by atoms with Gasteiger partial charge < -0.3 is 14.7 Å². The molecule has 0 spiro atoms. The molecule has 0 bridgehead atoms. The zero-order valence-corrected chi connectivity index (χ0v) is 14.5. The lowest BCUT2D eigenvalue weighted by atomic mass is 9.87. The van der Waals surface area contributed by atoms with Gasteiger partial charge in [0.15, 0.2) is 0 Å². The van der Waals surface area contributed by atoms with E-state index in [2.05, 4.69) is 0 Å². The zero-order chi connectivity index (χ0) is 16.7. The second kappa shape index (κ2) is 6.32. The van der Waals surface area contributed by atoms with Crippen LogP contribution in [0, 0.1) is 5.92 Å². The summed E-state index contributed by atoms with van der Waals surface area (Å²) in [5, 5.41) is 11.1. The summed E-state index contributed by atoms with van der Waals surface area (Å²) in [4.78, 5) is 15.4. The van der Waals surface area contributed by atoms with E-state index in [-0.39, 0.29) is 29.4 Å². The number of carbonyl (C=O) groups excluding carboxylic acids is 1. The normalized spacial score (nSPS) is 31.9. The van der Waals surface area contributed by atoms with Crippen molar-refractivity contribution < 1.29 is 14.6 Å². The van der Waals surface area contributed by atoms with Crippen LogP contribution in [0.1, 0.15) is 37.7 Å². The number of hydrogen-bond acceptors (Lipinski definition) is 3. The first-order chi connectivity index (χ1) is 11.6. The molecule has 0 aromatic heterocycles. The molecule has 2 aliphatic heterocycles. The highest BCUT2D eigenvalue weighted by atomic mass is 35.5. The summed E-state index contributed by atoms with van der Waals surface area (Å²) in [6, 6.07) is 7.81. The molecule has 1 saturated carbocycles. The van der Waals surface area contributed by atoms with Gasteiger partial charge in [0, 0.05) is 30.1 Å². The Morgan fingerprint density at radius 3 is 2.67 bits per heavy atom. The molecule has 4 rings (SSSR count). The van der Waals surface area contributed by atoms with Crippen molar-refractivity contribution in [1.82, 2.24) is 4.90 Å². The summed E-state index contributed by atoms with van der Waals surface area (Å²) in [7, 11) is 0. The number of likely N-dealkylation sites (tertiary alicyclic amines) is 1. The van der Waals surface area contributed by atoms with Gasteiger partial charge in [0.2, 0.25) is 5.91 Å². The van der Waals surface area contributed by atoms with Crippen molar-refractivity contribution in [2.75, 3.05) is 19.8 Å². The lowest BCUT2D eigenvalue weighted by Gasteiger charge is -2.38. The number of halogens is 1. The predicted molar refractivity (Wildman–Crippen MR) is 92.0 cm³/mol. The van der Waals surface area contributed by atoms with E-state index >= 15 is 0 Å². The Kier molecular flexibility index (Phi) is 4.31. The smallest absolute Gasteiger partial charge is 0.233 e. The predicted octanol–water partition coefficient (Wildman–Crippen LogP) is 2.76. The third kappa shape index (κ3) is 2.75. The van der Waals surface area contributed by atoms with Gasteiger partial charge in [0.05, 0.1) is 18.1 Å². The highest BCUT2D eigenvalue weighted by Crippen LogP contribution is 2.51. The number of amides is 1. The van der Waals surface area contributed by atoms with Gasteiger partial charge in [-0.2, -0.15) is 0 Å². The van der Waals surface area contributed by atoms with Gasteiger partial charge in [-0.1, -0.05) is 23.7 Å². The van der Waals surface area contributed by atoms with E-state index in [1.54, 1.807) is 0 Å². The van der Waals surface area contributed by atoms with Crippen LogP contribution in [0.2, 0.25) is 5.02 Å². The van der Waals surface area contributed by atoms with E-state index in [1.807, 2.05) is 29.2 Å². The maximum absolute atomic E-state index is 13.3. The fourth-order valence-corrected chi connectivity index (χ4v) is 4.53. The first-order valence-electron chi connectivity index (χ1n) is 8.95. The second-order valence-electron chi connectivity index (χ2n) is 7.39. The summed E-state index contributed by atoms with van der Waals surface area (Å²) < 4.78 is 5.58. The van der Waals surface area contributed by atoms with Crippen molar-refractivity contribution in [3.05, 3.63) is 34.9 Å². The van der Waals surface area contributed by atoms with Crippen molar-refractivity contribution in [3.63, 3.8) is 0 Å². The van der Waals surface area contributed by atoms with Gasteiger partial charge in [-0.05, 0) is 49.8 Å². The van der Waals surface area contributed by atoms with E-state index in [0.717, 1.165) is 37.8 Å². The summed E-state index contributed by atoms with van der Waals surface area (Å²) in [6.45, 7) is 1.97. The minimum Gasteiger partial charge on any atom is -0.393 e. The Balaban J connectivity index is 1.56. The first-order valence-corrected chi connectivity index (χ1v) is 9.32. The number of carbonyl (C=O) groups is 1. The number of aliphatic hydroxyl groups excluding tert-OH is 1. The molecule has 1 aliphatic carbocycles. The maximum Gasteiger partial charge on any atom is 0.233 e. The minimum atomic E-state index is -0.367. The van der Waals surface area contributed by atoms with E-state index < -0.39 is 0 Å². The molecule has 4 nitrogen and oxygen atoms in total. The van der Waals surface area contributed by atoms with E-state index in [4.69, 9.17) is 16.3 Å². The highest BCUT2D eigenvalue weighted by molar-refractivity contribution is 6.30. The largest absolute Gasteiger partial charge is 0.393 e. The van der Waals surface area contributed by atoms with Crippen LogP contribution in [0.4, 0.5) is 0 Å². The van der Waals surface area contributed by atoms with Crippen molar-refractivity contribution in [2.45, 2.75) is 49.7 Å². The number of ether oxygens (including phenoxy) is 1. The Morgan fingerprint density at radius 2 is 2.00 bits per heavy atom. The molecular formula is C19H24ClNO3. The van der Waals surface area contributed by atoms with Crippen LogP contribution >= 0.6 is 11.6 Å². The van der Waals surface area contributed by atoms with Gasteiger partial charge >= 0.3 is 0 Å². The lowest BCUT2D eigenvalue weighted by molar-refractivity contribution is -0.139. The molecular weight excluding hydrogens is 326 g/mol. The van der Waals surface area contributed by atoms with Crippen LogP contribution in [0.5, 0.6) is 0 Å². The van der Waals surface area contributed by atoms with Gasteiger partial charge in [0.1, 0.15) is 0 Å². The van der Waals surface area contributed by atoms with Crippen molar-refractivity contribution in [2.24, 2.45) is 5.92 Å². The van der Waals surface area contributed by atoms with E-state index in [1.165, 1.54) is 0 Å². The molecule has 24 heavy (non-hydrogen) atoms. The van der Waals surface area contributed by atoms with E-state index in [9.17, 15) is 9.90 Å². The number of nitrogens with zero attached hydrogens (tertiary/aromatic N) is 1. The summed E-state index contributed by atoms with van der Waals surface area (Å²) in [5.41, 5.74) is 0.705. The number of benzene rings is 1. The number of aliphatic hydroxyl groups is 1. The Labute approximate surface area is 147 Å². The van der Waals surface area contributed by atoms with Crippen LogP contribution in [-0.4, -0.2) is 47.8 Å². The standard InChI is InChI=1S/C19H24ClNO3/c20-14-5-3-13(4-6-14)19(8-9-19)18(23)21-10-1-2-16(21)15-12-24-11-7-17(15)22/h3-6,15-17,22H,1-2,7-12H2/t15-,16+,17+/m0/s1. The zero-order valence-electron chi connectivity index (χ0n) is 13.8. The molecule has 1 amide bonds. The second-order valence-corrected chi connectivity index (χ2v) is 7.83. The van der Waals surface area contributed by atoms with Crippen LogP contribution in [-0.2, 0) is 14.9 Å². The summed E-state index contributed by atoms with van der Waals surface area (Å²) in [5.74, 6) is 0.274. The van der Waals surface area contributed by atoms with Gasteiger partial charge in [-0.15, -0.1) is 0 Å². The SMILES string of the molecule is O=C(N1CCC[C@@H]1[C@@H]1COCC[C@H]1O)C1(c2ccc(Cl)cc2)CC1. The minimum absolute atomic E-state index is 0.0474. The molecule has 1 N–H and O–H groups in total. The first kappa shape index (κ1) is 16.4. The molecule has 5 heteroatoms. The topological polar surface area (TPSA) is 49.8 Å². The quantitative estimate of drug-likeness (QED) is 0.912. The average molecular weight is 350 g/mol.